The summed E-state index contributed by atoms with van der Waals surface area (Å²) in [6.45, 7) is 3.98. The van der Waals surface area contributed by atoms with Crippen LogP contribution in [0, 0.1) is 19.7 Å². The average molecular weight is 291 g/mol. The van der Waals surface area contributed by atoms with Crippen molar-refractivity contribution in [3.8, 4) is 0 Å². The topological polar surface area (TPSA) is 17.1 Å². The SMILES string of the molecule is Cc1ccc(C)c(CC(=O)Cc2cc(F)ccc2Cl)c1. The number of aryl methyl sites for hydroxylation is 2. The van der Waals surface area contributed by atoms with Gasteiger partial charge in [0.2, 0.25) is 0 Å². The molecule has 2 aromatic rings. The Balaban J connectivity index is 2.13. The third kappa shape index (κ3) is 3.67. The van der Waals surface area contributed by atoms with Crippen LogP contribution in [0.5, 0.6) is 0 Å². The van der Waals surface area contributed by atoms with Gasteiger partial charge in [-0.25, -0.2) is 4.39 Å². The number of halogens is 2. The normalized spacial score (nSPS) is 10.6. The number of carbonyl (C=O) groups excluding carboxylic acids is 1. The maximum absolute atomic E-state index is 13.2. The maximum Gasteiger partial charge on any atom is 0.141 e. The van der Waals surface area contributed by atoms with Crippen LogP contribution in [0.2, 0.25) is 5.02 Å². The van der Waals surface area contributed by atoms with Crippen LogP contribution in [0.3, 0.4) is 0 Å². The van der Waals surface area contributed by atoms with E-state index in [4.69, 9.17) is 11.6 Å². The second kappa shape index (κ2) is 6.19. The van der Waals surface area contributed by atoms with E-state index in [2.05, 4.69) is 0 Å². The molecule has 0 N–H and O–H groups in total. The van der Waals surface area contributed by atoms with Crippen molar-refractivity contribution in [2.45, 2.75) is 26.7 Å². The molecular formula is C17H16ClFO. The lowest BCUT2D eigenvalue weighted by Crippen LogP contribution is -2.08. The molecule has 0 spiro atoms. The fourth-order valence-electron chi connectivity index (χ4n) is 2.16. The van der Waals surface area contributed by atoms with Gasteiger partial charge in [0.05, 0.1) is 0 Å². The highest BCUT2D eigenvalue weighted by molar-refractivity contribution is 6.31. The molecule has 0 aliphatic heterocycles. The van der Waals surface area contributed by atoms with E-state index in [1.165, 1.54) is 18.2 Å². The molecule has 0 saturated heterocycles. The predicted octanol–water partition coefficient (Wildman–Crippen LogP) is 4.45. The van der Waals surface area contributed by atoms with E-state index < -0.39 is 0 Å². The molecule has 2 aromatic carbocycles. The zero-order valence-electron chi connectivity index (χ0n) is 11.5. The summed E-state index contributed by atoms with van der Waals surface area (Å²) >= 11 is 5.98. The van der Waals surface area contributed by atoms with Crippen LogP contribution < -0.4 is 0 Å². The summed E-state index contributed by atoms with van der Waals surface area (Å²) in [6, 6.07) is 10.1. The Kier molecular flexibility index (Phi) is 4.56. The molecule has 0 fully saturated rings. The Hall–Kier alpha value is -1.67. The van der Waals surface area contributed by atoms with E-state index in [-0.39, 0.29) is 18.0 Å². The van der Waals surface area contributed by atoms with Crippen molar-refractivity contribution < 1.29 is 9.18 Å². The molecule has 1 nitrogen and oxygen atoms in total. The Morgan fingerprint density at radius 2 is 1.75 bits per heavy atom. The highest BCUT2D eigenvalue weighted by Gasteiger charge is 2.10. The van der Waals surface area contributed by atoms with Gasteiger partial charge in [-0.1, -0.05) is 35.4 Å². The van der Waals surface area contributed by atoms with Crippen LogP contribution in [0.25, 0.3) is 0 Å². The van der Waals surface area contributed by atoms with Gasteiger partial charge in [0, 0.05) is 17.9 Å². The first-order valence-electron chi connectivity index (χ1n) is 6.47. The smallest absolute Gasteiger partial charge is 0.141 e. The van der Waals surface area contributed by atoms with E-state index in [0.29, 0.717) is 17.0 Å². The van der Waals surface area contributed by atoms with Crippen LogP contribution in [0.1, 0.15) is 22.3 Å². The van der Waals surface area contributed by atoms with Crippen molar-refractivity contribution in [1.82, 2.24) is 0 Å². The molecule has 20 heavy (non-hydrogen) atoms. The quantitative estimate of drug-likeness (QED) is 0.813. The average Bonchev–Trinajstić information content (AvgIpc) is 2.38. The third-order valence-corrected chi connectivity index (χ3v) is 3.66. The number of rotatable bonds is 4. The number of hydrogen-bond donors (Lipinski definition) is 0. The summed E-state index contributed by atoms with van der Waals surface area (Å²) < 4.78 is 13.2. The lowest BCUT2D eigenvalue weighted by Gasteiger charge is -2.08. The molecule has 104 valence electrons. The van der Waals surface area contributed by atoms with E-state index in [1.807, 2.05) is 32.0 Å². The zero-order chi connectivity index (χ0) is 14.7. The first kappa shape index (κ1) is 14.7. The number of carbonyl (C=O) groups is 1. The molecule has 0 unspecified atom stereocenters. The van der Waals surface area contributed by atoms with Gasteiger partial charge < -0.3 is 0 Å². The summed E-state index contributed by atoms with van der Waals surface area (Å²) in [5.41, 5.74) is 3.78. The first-order valence-corrected chi connectivity index (χ1v) is 6.85. The summed E-state index contributed by atoms with van der Waals surface area (Å²) in [6.07, 6.45) is 0.504. The van der Waals surface area contributed by atoms with E-state index in [1.54, 1.807) is 0 Å². The van der Waals surface area contributed by atoms with Gasteiger partial charge >= 0.3 is 0 Å². The Morgan fingerprint density at radius 1 is 1.05 bits per heavy atom. The lowest BCUT2D eigenvalue weighted by molar-refractivity contribution is -0.117. The molecular weight excluding hydrogens is 275 g/mol. The van der Waals surface area contributed by atoms with Crippen LogP contribution >= 0.6 is 11.6 Å². The van der Waals surface area contributed by atoms with Crippen LogP contribution in [0.15, 0.2) is 36.4 Å². The van der Waals surface area contributed by atoms with Crippen LogP contribution in [-0.4, -0.2) is 5.78 Å². The van der Waals surface area contributed by atoms with E-state index in [0.717, 1.165) is 16.7 Å². The molecule has 0 aliphatic carbocycles. The van der Waals surface area contributed by atoms with E-state index in [9.17, 15) is 9.18 Å². The minimum atomic E-state index is -0.371. The van der Waals surface area contributed by atoms with Gasteiger partial charge in [0.25, 0.3) is 0 Å². The van der Waals surface area contributed by atoms with Crippen molar-refractivity contribution in [3.05, 3.63) is 69.5 Å². The number of ketones is 1. The van der Waals surface area contributed by atoms with Crippen molar-refractivity contribution in [3.63, 3.8) is 0 Å². The van der Waals surface area contributed by atoms with Gasteiger partial charge in [0.1, 0.15) is 11.6 Å². The Bertz CT molecular complexity index is 594. The van der Waals surface area contributed by atoms with Crippen molar-refractivity contribution in [2.75, 3.05) is 0 Å². The Labute approximate surface area is 123 Å². The predicted molar refractivity (Wildman–Crippen MR) is 79.7 cm³/mol. The Morgan fingerprint density at radius 3 is 2.50 bits per heavy atom. The molecule has 0 radical (unpaired) electrons. The zero-order valence-corrected chi connectivity index (χ0v) is 12.3. The second-order valence-electron chi connectivity index (χ2n) is 5.06. The van der Waals surface area contributed by atoms with Gasteiger partial charge in [-0.15, -0.1) is 0 Å². The molecule has 0 aromatic heterocycles. The molecule has 0 bridgehead atoms. The van der Waals surface area contributed by atoms with Gasteiger partial charge in [-0.3, -0.25) is 4.79 Å². The molecule has 0 heterocycles. The summed E-state index contributed by atoms with van der Waals surface area (Å²) in [4.78, 5) is 12.1. The maximum atomic E-state index is 13.2. The van der Waals surface area contributed by atoms with Gasteiger partial charge in [-0.05, 0) is 48.7 Å². The molecule has 0 saturated carbocycles. The summed E-state index contributed by atoms with van der Waals surface area (Å²) in [7, 11) is 0. The van der Waals surface area contributed by atoms with Gasteiger partial charge in [-0.2, -0.15) is 0 Å². The third-order valence-electron chi connectivity index (χ3n) is 3.29. The molecule has 2 rings (SSSR count). The van der Waals surface area contributed by atoms with Crippen LogP contribution in [-0.2, 0) is 17.6 Å². The van der Waals surface area contributed by atoms with Crippen molar-refractivity contribution >= 4 is 17.4 Å². The fraction of sp³-hybridized carbons (Fsp3) is 0.235. The van der Waals surface area contributed by atoms with E-state index >= 15 is 0 Å². The first-order chi connectivity index (χ1) is 9.45. The summed E-state index contributed by atoms with van der Waals surface area (Å²) in [5.74, 6) is -0.338. The molecule has 0 amide bonds. The highest BCUT2D eigenvalue weighted by Crippen LogP contribution is 2.19. The summed E-state index contributed by atoms with van der Waals surface area (Å²) in [5, 5.41) is 0.431. The lowest BCUT2D eigenvalue weighted by atomic mass is 9.98. The highest BCUT2D eigenvalue weighted by atomic mass is 35.5. The largest absolute Gasteiger partial charge is 0.299 e. The minimum absolute atomic E-state index is 0.0335. The monoisotopic (exact) mass is 290 g/mol. The molecule has 0 atom stereocenters. The van der Waals surface area contributed by atoms with Crippen molar-refractivity contribution in [1.29, 1.82) is 0 Å². The standard InChI is InChI=1S/C17H16ClFO/c1-11-3-4-12(2)13(7-11)9-16(20)10-14-8-15(19)5-6-17(14)18/h3-8H,9-10H2,1-2H3. The second-order valence-corrected chi connectivity index (χ2v) is 5.47. The van der Waals surface area contributed by atoms with Crippen LogP contribution in [0.4, 0.5) is 4.39 Å². The van der Waals surface area contributed by atoms with Gasteiger partial charge in [0.15, 0.2) is 0 Å². The number of benzene rings is 2. The molecule has 3 heteroatoms. The van der Waals surface area contributed by atoms with Crippen molar-refractivity contribution in [2.24, 2.45) is 0 Å². The number of hydrogen-bond acceptors (Lipinski definition) is 1. The fourth-order valence-corrected chi connectivity index (χ4v) is 2.34. The number of Topliss-reactive ketones (excluding diaryl/α,β-unsaturated/α-hetero) is 1. The molecule has 0 aliphatic rings. The minimum Gasteiger partial charge on any atom is -0.299 e.